The summed E-state index contributed by atoms with van der Waals surface area (Å²) in [5, 5.41) is 11.4. The molecule has 0 radical (unpaired) electrons. The van der Waals surface area contributed by atoms with E-state index in [0.29, 0.717) is 25.8 Å². The molecule has 0 rings (SSSR count). The fraction of sp³-hybridized carbons (Fsp3) is 0.833. The molecule has 0 bridgehead atoms. The van der Waals surface area contributed by atoms with E-state index >= 15 is 0 Å². The average Bonchev–Trinajstić information content (AvgIpc) is 2.33. The first-order valence-electron chi connectivity index (χ1n) is 6.15. The summed E-state index contributed by atoms with van der Waals surface area (Å²) in [5.74, 6) is -0.294. The number of ether oxygens (including phenoxy) is 1. The van der Waals surface area contributed by atoms with E-state index in [1.807, 2.05) is 0 Å². The first-order chi connectivity index (χ1) is 8.20. The number of methoxy groups -OCH3 is 1. The Bertz CT molecular complexity index is 219. The van der Waals surface area contributed by atoms with Gasteiger partial charge in [-0.15, -0.1) is 0 Å². The summed E-state index contributed by atoms with van der Waals surface area (Å²) >= 11 is 0. The van der Waals surface area contributed by atoms with Gasteiger partial charge in [0.05, 0.1) is 7.11 Å². The Morgan fingerprint density at radius 2 is 1.76 bits per heavy atom. The lowest BCUT2D eigenvalue weighted by Crippen LogP contribution is -2.24. The van der Waals surface area contributed by atoms with Gasteiger partial charge >= 0.3 is 5.97 Å². The third kappa shape index (κ3) is 11.2. The standard InChI is InChI=1S/C12H23NO4/c1-17-12(16)8-6-7-11(15)13-9-4-2-3-5-10-14/h14H,2-10H2,1H3,(H,13,15). The third-order valence-corrected chi connectivity index (χ3v) is 2.42. The van der Waals surface area contributed by atoms with Crippen LogP contribution in [0.15, 0.2) is 0 Å². The van der Waals surface area contributed by atoms with E-state index < -0.39 is 0 Å². The lowest BCUT2D eigenvalue weighted by Gasteiger charge is -2.04. The molecular weight excluding hydrogens is 222 g/mol. The molecule has 0 aromatic heterocycles. The van der Waals surface area contributed by atoms with Crippen molar-refractivity contribution < 1.29 is 19.4 Å². The zero-order valence-electron chi connectivity index (χ0n) is 10.5. The first-order valence-corrected chi connectivity index (χ1v) is 6.15. The summed E-state index contributed by atoms with van der Waals surface area (Å²) in [6, 6.07) is 0. The quantitative estimate of drug-likeness (QED) is 0.445. The number of esters is 1. The van der Waals surface area contributed by atoms with Gasteiger partial charge in [0, 0.05) is 26.0 Å². The van der Waals surface area contributed by atoms with Crippen molar-refractivity contribution in [3.8, 4) is 0 Å². The maximum absolute atomic E-state index is 11.3. The molecule has 0 aliphatic rings. The van der Waals surface area contributed by atoms with Gasteiger partial charge in [-0.25, -0.2) is 0 Å². The van der Waals surface area contributed by atoms with Crippen molar-refractivity contribution in [2.75, 3.05) is 20.3 Å². The van der Waals surface area contributed by atoms with Gasteiger partial charge in [0.25, 0.3) is 0 Å². The molecule has 100 valence electrons. The molecular formula is C12H23NO4. The summed E-state index contributed by atoms with van der Waals surface area (Å²) < 4.78 is 4.48. The Balaban J connectivity index is 3.26. The lowest BCUT2D eigenvalue weighted by atomic mass is 10.2. The molecule has 0 unspecified atom stereocenters. The molecule has 0 heterocycles. The molecule has 5 heteroatoms. The molecule has 0 saturated carbocycles. The van der Waals surface area contributed by atoms with E-state index in [-0.39, 0.29) is 18.5 Å². The monoisotopic (exact) mass is 245 g/mol. The maximum Gasteiger partial charge on any atom is 0.305 e. The number of hydrogen-bond acceptors (Lipinski definition) is 4. The highest BCUT2D eigenvalue weighted by Gasteiger charge is 2.04. The smallest absolute Gasteiger partial charge is 0.305 e. The number of nitrogens with one attached hydrogen (secondary N) is 1. The average molecular weight is 245 g/mol. The van der Waals surface area contributed by atoms with Crippen LogP contribution in [0.2, 0.25) is 0 Å². The highest BCUT2D eigenvalue weighted by atomic mass is 16.5. The number of aliphatic hydroxyl groups is 1. The van der Waals surface area contributed by atoms with Crippen LogP contribution in [0.5, 0.6) is 0 Å². The van der Waals surface area contributed by atoms with Crippen LogP contribution in [0, 0.1) is 0 Å². The van der Waals surface area contributed by atoms with E-state index in [9.17, 15) is 9.59 Å². The number of rotatable bonds is 10. The van der Waals surface area contributed by atoms with Crippen LogP contribution in [0.1, 0.15) is 44.9 Å². The van der Waals surface area contributed by atoms with Crippen molar-refractivity contribution in [2.24, 2.45) is 0 Å². The molecule has 0 spiro atoms. The van der Waals surface area contributed by atoms with Crippen molar-refractivity contribution in [2.45, 2.75) is 44.9 Å². The fourth-order valence-electron chi connectivity index (χ4n) is 1.40. The Hall–Kier alpha value is -1.10. The van der Waals surface area contributed by atoms with Gasteiger partial charge < -0.3 is 15.2 Å². The van der Waals surface area contributed by atoms with Gasteiger partial charge in [-0.05, 0) is 19.3 Å². The predicted octanol–water partition coefficient (Wildman–Crippen LogP) is 0.999. The Labute approximate surface area is 103 Å². The molecule has 0 fully saturated rings. The van der Waals surface area contributed by atoms with Gasteiger partial charge in [0.1, 0.15) is 0 Å². The summed E-state index contributed by atoms with van der Waals surface area (Å²) in [6.45, 7) is 0.905. The van der Waals surface area contributed by atoms with Gasteiger partial charge in [0.2, 0.25) is 5.91 Å². The Morgan fingerprint density at radius 1 is 1.06 bits per heavy atom. The zero-order valence-corrected chi connectivity index (χ0v) is 10.5. The minimum absolute atomic E-state index is 0.0175. The van der Waals surface area contributed by atoms with Crippen LogP contribution in [-0.2, 0) is 14.3 Å². The summed E-state index contributed by atoms with van der Waals surface area (Å²) in [4.78, 5) is 22.1. The Morgan fingerprint density at radius 3 is 2.41 bits per heavy atom. The van der Waals surface area contributed by atoms with Gasteiger partial charge in [-0.1, -0.05) is 12.8 Å². The van der Waals surface area contributed by atoms with Crippen molar-refractivity contribution in [3.63, 3.8) is 0 Å². The number of aliphatic hydroxyl groups excluding tert-OH is 1. The summed E-state index contributed by atoms with van der Waals surface area (Å²) in [7, 11) is 1.34. The molecule has 1 amide bonds. The van der Waals surface area contributed by atoms with Crippen LogP contribution in [0.3, 0.4) is 0 Å². The van der Waals surface area contributed by atoms with E-state index in [1.165, 1.54) is 7.11 Å². The van der Waals surface area contributed by atoms with Gasteiger partial charge in [0.15, 0.2) is 0 Å². The van der Waals surface area contributed by atoms with Gasteiger partial charge in [-0.3, -0.25) is 9.59 Å². The van der Waals surface area contributed by atoms with E-state index in [2.05, 4.69) is 10.1 Å². The van der Waals surface area contributed by atoms with Crippen molar-refractivity contribution in [1.82, 2.24) is 5.32 Å². The second kappa shape index (κ2) is 11.4. The van der Waals surface area contributed by atoms with Crippen molar-refractivity contribution in [1.29, 1.82) is 0 Å². The number of hydrogen-bond donors (Lipinski definition) is 2. The number of unbranched alkanes of at least 4 members (excludes halogenated alkanes) is 3. The SMILES string of the molecule is COC(=O)CCCC(=O)NCCCCCCO. The fourth-order valence-corrected chi connectivity index (χ4v) is 1.40. The molecule has 0 saturated heterocycles. The molecule has 2 N–H and O–H groups in total. The first kappa shape index (κ1) is 15.9. The molecule has 17 heavy (non-hydrogen) atoms. The van der Waals surface area contributed by atoms with Crippen molar-refractivity contribution >= 4 is 11.9 Å². The molecule has 0 aliphatic heterocycles. The Kier molecular flexibility index (Phi) is 10.7. The van der Waals surface area contributed by atoms with E-state index in [0.717, 1.165) is 25.7 Å². The highest BCUT2D eigenvalue weighted by molar-refractivity contribution is 5.76. The second-order valence-corrected chi connectivity index (χ2v) is 3.92. The molecule has 0 atom stereocenters. The number of amides is 1. The summed E-state index contributed by atoms with van der Waals surface area (Å²) in [6.07, 6.45) is 4.96. The molecule has 0 aliphatic carbocycles. The molecule has 0 aromatic rings. The third-order valence-electron chi connectivity index (χ3n) is 2.42. The van der Waals surface area contributed by atoms with Crippen LogP contribution < -0.4 is 5.32 Å². The lowest BCUT2D eigenvalue weighted by molar-refractivity contribution is -0.140. The second-order valence-electron chi connectivity index (χ2n) is 3.92. The topological polar surface area (TPSA) is 75.6 Å². The molecule has 5 nitrogen and oxygen atoms in total. The minimum Gasteiger partial charge on any atom is -0.469 e. The van der Waals surface area contributed by atoms with E-state index in [4.69, 9.17) is 5.11 Å². The van der Waals surface area contributed by atoms with Crippen LogP contribution in [0.25, 0.3) is 0 Å². The minimum atomic E-state index is -0.276. The predicted molar refractivity (Wildman–Crippen MR) is 64.4 cm³/mol. The van der Waals surface area contributed by atoms with Crippen LogP contribution in [-0.4, -0.2) is 37.2 Å². The van der Waals surface area contributed by atoms with Crippen molar-refractivity contribution in [3.05, 3.63) is 0 Å². The van der Waals surface area contributed by atoms with E-state index in [1.54, 1.807) is 0 Å². The normalized spacial score (nSPS) is 10.0. The highest BCUT2D eigenvalue weighted by Crippen LogP contribution is 1.99. The van der Waals surface area contributed by atoms with Crippen LogP contribution in [0.4, 0.5) is 0 Å². The largest absolute Gasteiger partial charge is 0.469 e. The van der Waals surface area contributed by atoms with Crippen LogP contribution >= 0.6 is 0 Å². The van der Waals surface area contributed by atoms with Gasteiger partial charge in [-0.2, -0.15) is 0 Å². The summed E-state index contributed by atoms with van der Waals surface area (Å²) in [5.41, 5.74) is 0. The maximum atomic E-state index is 11.3. The number of carbonyl (C=O) groups excluding carboxylic acids is 2. The zero-order chi connectivity index (χ0) is 12.9. The molecule has 0 aromatic carbocycles. The number of carbonyl (C=O) groups is 2.